The van der Waals surface area contributed by atoms with Crippen molar-refractivity contribution in [2.75, 3.05) is 20.1 Å². The molecular formula is C7H13F3N2O2. The molecule has 0 spiro atoms. The third kappa shape index (κ3) is 5.76. The van der Waals surface area contributed by atoms with E-state index in [9.17, 15) is 18.0 Å². The third-order valence-corrected chi connectivity index (χ3v) is 1.47. The monoisotopic (exact) mass is 214 g/mol. The Hall–Kier alpha value is -0.820. The molecule has 3 N–H and O–H groups in total. The maximum absolute atomic E-state index is 11.7. The number of nitrogens with one attached hydrogen (secondary N) is 2. The van der Waals surface area contributed by atoms with Gasteiger partial charge < -0.3 is 15.7 Å². The van der Waals surface area contributed by atoms with E-state index >= 15 is 0 Å². The Kier molecular flexibility index (Phi) is 5.47. The second kappa shape index (κ2) is 5.82. The van der Waals surface area contributed by atoms with Gasteiger partial charge in [0.15, 0.2) is 6.10 Å². The van der Waals surface area contributed by atoms with E-state index in [4.69, 9.17) is 5.11 Å². The van der Waals surface area contributed by atoms with E-state index in [1.807, 2.05) is 5.32 Å². The number of halogens is 3. The summed E-state index contributed by atoms with van der Waals surface area (Å²) in [5, 5.41) is 13.2. The second-order valence-electron chi connectivity index (χ2n) is 2.72. The van der Waals surface area contributed by atoms with Crippen LogP contribution in [0.2, 0.25) is 0 Å². The first-order valence-electron chi connectivity index (χ1n) is 4.04. The highest BCUT2D eigenvalue weighted by Crippen LogP contribution is 2.19. The zero-order valence-corrected chi connectivity index (χ0v) is 7.69. The van der Waals surface area contributed by atoms with Crippen molar-refractivity contribution in [1.29, 1.82) is 0 Å². The van der Waals surface area contributed by atoms with E-state index in [1.165, 1.54) is 0 Å². The highest BCUT2D eigenvalue weighted by molar-refractivity contribution is 5.76. The van der Waals surface area contributed by atoms with E-state index in [0.29, 0.717) is 6.54 Å². The number of aliphatic hydroxyl groups excluding tert-OH is 1. The minimum atomic E-state index is -4.68. The van der Waals surface area contributed by atoms with Crippen molar-refractivity contribution in [3.63, 3.8) is 0 Å². The smallest absolute Gasteiger partial charge is 0.382 e. The highest BCUT2D eigenvalue weighted by atomic mass is 19.4. The predicted octanol–water partition coefficient (Wildman–Crippen LogP) is -0.365. The van der Waals surface area contributed by atoms with Crippen LogP contribution in [-0.2, 0) is 4.79 Å². The number of hydrogen-bond donors (Lipinski definition) is 3. The molecule has 0 radical (unpaired) electrons. The molecule has 1 amide bonds. The maximum Gasteiger partial charge on any atom is 0.416 e. The van der Waals surface area contributed by atoms with E-state index in [0.717, 1.165) is 0 Å². The van der Waals surface area contributed by atoms with Crippen LogP contribution < -0.4 is 10.6 Å². The fraction of sp³-hybridized carbons (Fsp3) is 0.857. The molecule has 1 atom stereocenters. The Balaban J connectivity index is 3.67. The second-order valence-corrected chi connectivity index (χ2v) is 2.72. The van der Waals surface area contributed by atoms with Gasteiger partial charge in [0.2, 0.25) is 5.91 Å². The molecular weight excluding hydrogens is 201 g/mol. The minimum absolute atomic E-state index is 0.0844. The Morgan fingerprint density at radius 2 is 2.07 bits per heavy atom. The third-order valence-electron chi connectivity index (χ3n) is 1.47. The standard InChI is InChI=1S/C7H13F3N2O2/c1-11-3-2-6(14)12-4-5(13)7(8,9)10/h5,11,13H,2-4H2,1H3,(H,12,14). The molecule has 7 heteroatoms. The van der Waals surface area contributed by atoms with Gasteiger partial charge in [0.1, 0.15) is 0 Å². The summed E-state index contributed by atoms with van der Waals surface area (Å²) in [6.07, 6.45) is -7.10. The lowest BCUT2D eigenvalue weighted by atomic mass is 10.3. The van der Waals surface area contributed by atoms with E-state index < -0.39 is 24.7 Å². The summed E-state index contributed by atoms with van der Waals surface area (Å²) in [5.74, 6) is -0.525. The number of alkyl halides is 3. The fourth-order valence-corrected chi connectivity index (χ4v) is 0.653. The molecule has 0 aromatic heterocycles. The lowest BCUT2D eigenvalue weighted by Crippen LogP contribution is -2.41. The van der Waals surface area contributed by atoms with E-state index in [-0.39, 0.29) is 6.42 Å². The first-order chi connectivity index (χ1) is 6.38. The van der Waals surface area contributed by atoms with Gasteiger partial charge in [0, 0.05) is 13.0 Å². The summed E-state index contributed by atoms with van der Waals surface area (Å²) in [5.41, 5.74) is 0. The van der Waals surface area contributed by atoms with E-state index in [2.05, 4.69) is 5.32 Å². The van der Waals surface area contributed by atoms with Crippen molar-refractivity contribution in [3.05, 3.63) is 0 Å². The summed E-state index contributed by atoms with van der Waals surface area (Å²) in [7, 11) is 1.62. The predicted molar refractivity (Wildman–Crippen MR) is 43.6 cm³/mol. The highest BCUT2D eigenvalue weighted by Gasteiger charge is 2.38. The molecule has 0 aliphatic rings. The van der Waals surface area contributed by atoms with Gasteiger partial charge in [0.25, 0.3) is 0 Å². The zero-order valence-electron chi connectivity index (χ0n) is 7.69. The van der Waals surface area contributed by atoms with Crippen molar-refractivity contribution < 1.29 is 23.1 Å². The van der Waals surface area contributed by atoms with Gasteiger partial charge in [0.05, 0.1) is 6.54 Å². The Labute approximate surface area is 79.5 Å². The van der Waals surface area contributed by atoms with Gasteiger partial charge >= 0.3 is 6.18 Å². The van der Waals surface area contributed by atoms with Crippen molar-refractivity contribution in [3.8, 4) is 0 Å². The molecule has 0 rings (SSSR count). The van der Waals surface area contributed by atoms with Crippen molar-refractivity contribution in [1.82, 2.24) is 10.6 Å². The number of amides is 1. The minimum Gasteiger partial charge on any atom is -0.382 e. The average Bonchev–Trinajstić information content (AvgIpc) is 2.09. The molecule has 0 aromatic rings. The summed E-state index contributed by atoms with van der Waals surface area (Å²) < 4.78 is 35.2. The topological polar surface area (TPSA) is 61.4 Å². The summed E-state index contributed by atoms with van der Waals surface area (Å²) in [6.45, 7) is -0.417. The Morgan fingerprint density at radius 3 is 2.50 bits per heavy atom. The first kappa shape index (κ1) is 13.2. The van der Waals surface area contributed by atoms with Crippen LogP contribution in [0, 0.1) is 0 Å². The summed E-state index contributed by atoms with van der Waals surface area (Å²) in [4.78, 5) is 10.8. The quantitative estimate of drug-likeness (QED) is 0.585. The normalized spacial score (nSPS) is 13.8. The molecule has 0 aliphatic heterocycles. The van der Waals surface area contributed by atoms with Crippen LogP contribution in [0.5, 0.6) is 0 Å². The molecule has 0 bridgehead atoms. The van der Waals surface area contributed by atoms with Gasteiger partial charge in [-0.1, -0.05) is 0 Å². The van der Waals surface area contributed by atoms with Crippen LogP contribution in [0.15, 0.2) is 0 Å². The number of rotatable bonds is 5. The fourth-order valence-electron chi connectivity index (χ4n) is 0.653. The van der Waals surface area contributed by atoms with Crippen LogP contribution in [0.1, 0.15) is 6.42 Å². The van der Waals surface area contributed by atoms with Crippen molar-refractivity contribution >= 4 is 5.91 Å². The number of aliphatic hydroxyl groups is 1. The first-order valence-corrected chi connectivity index (χ1v) is 4.04. The van der Waals surface area contributed by atoms with Crippen molar-refractivity contribution in [2.45, 2.75) is 18.7 Å². The van der Waals surface area contributed by atoms with Crippen LogP contribution >= 0.6 is 0 Å². The van der Waals surface area contributed by atoms with Gasteiger partial charge in [-0.2, -0.15) is 13.2 Å². The number of hydrogen-bond acceptors (Lipinski definition) is 3. The summed E-state index contributed by atoms with van der Waals surface area (Å²) >= 11 is 0. The lowest BCUT2D eigenvalue weighted by molar-refractivity contribution is -0.201. The van der Waals surface area contributed by atoms with Gasteiger partial charge in [-0.3, -0.25) is 4.79 Å². The molecule has 0 saturated heterocycles. The van der Waals surface area contributed by atoms with Crippen LogP contribution in [0.25, 0.3) is 0 Å². The molecule has 0 heterocycles. The summed E-state index contributed by atoms with van der Waals surface area (Å²) in [6, 6.07) is 0. The van der Waals surface area contributed by atoms with Crippen LogP contribution in [0.4, 0.5) is 13.2 Å². The molecule has 0 saturated carbocycles. The number of carbonyl (C=O) groups is 1. The molecule has 4 nitrogen and oxygen atoms in total. The largest absolute Gasteiger partial charge is 0.416 e. The average molecular weight is 214 g/mol. The van der Waals surface area contributed by atoms with Gasteiger partial charge in [-0.05, 0) is 7.05 Å². The van der Waals surface area contributed by atoms with Gasteiger partial charge in [-0.25, -0.2) is 0 Å². The van der Waals surface area contributed by atoms with Crippen LogP contribution in [-0.4, -0.2) is 43.4 Å². The number of carbonyl (C=O) groups excluding carboxylic acids is 1. The molecule has 14 heavy (non-hydrogen) atoms. The molecule has 0 fully saturated rings. The van der Waals surface area contributed by atoms with Gasteiger partial charge in [-0.15, -0.1) is 0 Å². The van der Waals surface area contributed by atoms with Crippen molar-refractivity contribution in [2.24, 2.45) is 0 Å². The molecule has 1 unspecified atom stereocenters. The lowest BCUT2D eigenvalue weighted by Gasteiger charge is -2.14. The SMILES string of the molecule is CNCCC(=O)NCC(O)C(F)(F)F. The zero-order chi connectivity index (χ0) is 11.2. The molecule has 0 aliphatic carbocycles. The Bertz CT molecular complexity index is 184. The van der Waals surface area contributed by atoms with Crippen LogP contribution in [0.3, 0.4) is 0 Å². The maximum atomic E-state index is 11.7. The van der Waals surface area contributed by atoms with E-state index in [1.54, 1.807) is 7.05 Å². The molecule has 84 valence electrons. The Morgan fingerprint density at radius 1 is 1.50 bits per heavy atom. The molecule has 0 aromatic carbocycles.